The lowest BCUT2D eigenvalue weighted by Gasteiger charge is -2.30. The summed E-state index contributed by atoms with van der Waals surface area (Å²) >= 11 is 0. The molecule has 0 saturated carbocycles. The Hall–Kier alpha value is -4.13. The molecule has 0 N–H and O–H groups in total. The number of aromatic nitrogens is 3. The van der Waals surface area contributed by atoms with Gasteiger partial charge in [0.1, 0.15) is 17.1 Å². The highest BCUT2D eigenvalue weighted by molar-refractivity contribution is 5.93. The molecule has 0 bridgehead atoms. The largest absolute Gasteiger partial charge is 0.497 e. The van der Waals surface area contributed by atoms with Crippen molar-refractivity contribution in [2.45, 2.75) is 20.0 Å². The van der Waals surface area contributed by atoms with Crippen LogP contribution in [0.15, 0.2) is 78.0 Å². The fourth-order valence-corrected chi connectivity index (χ4v) is 4.23. The highest BCUT2D eigenvalue weighted by Gasteiger charge is 2.26. The van der Waals surface area contributed by atoms with Crippen molar-refractivity contribution in [3.8, 4) is 22.6 Å². The number of rotatable bonds is 5. The number of hydrogen-bond donors (Lipinski definition) is 0. The van der Waals surface area contributed by atoms with Crippen molar-refractivity contribution in [1.29, 1.82) is 0 Å². The Morgan fingerprint density at radius 1 is 0.970 bits per heavy atom. The van der Waals surface area contributed by atoms with Crippen molar-refractivity contribution < 1.29 is 9.53 Å². The van der Waals surface area contributed by atoms with E-state index in [1.807, 2.05) is 49.4 Å². The van der Waals surface area contributed by atoms with Crippen LogP contribution in [0.1, 0.15) is 21.7 Å². The van der Waals surface area contributed by atoms with E-state index in [0.29, 0.717) is 31.0 Å². The average Bonchev–Trinajstić information content (AvgIpc) is 3.27. The molecule has 1 amide bonds. The number of imidazole rings is 1. The van der Waals surface area contributed by atoms with Crippen molar-refractivity contribution in [3.05, 3.63) is 100 Å². The van der Waals surface area contributed by atoms with Crippen LogP contribution in [0.3, 0.4) is 0 Å². The molecule has 5 rings (SSSR count). The zero-order valence-electron chi connectivity index (χ0n) is 18.6. The topological polar surface area (TPSA) is 69.4 Å². The van der Waals surface area contributed by atoms with E-state index < -0.39 is 0 Å². The van der Waals surface area contributed by atoms with E-state index in [-0.39, 0.29) is 11.5 Å². The van der Waals surface area contributed by atoms with Gasteiger partial charge in [0.15, 0.2) is 0 Å². The summed E-state index contributed by atoms with van der Waals surface area (Å²) in [5, 5.41) is 0. The van der Waals surface area contributed by atoms with E-state index in [1.54, 1.807) is 45.8 Å². The van der Waals surface area contributed by atoms with Crippen LogP contribution in [-0.4, -0.2) is 38.6 Å². The molecule has 7 nitrogen and oxygen atoms in total. The zero-order chi connectivity index (χ0) is 22.9. The molecule has 1 aliphatic rings. The predicted molar refractivity (Wildman–Crippen MR) is 126 cm³/mol. The van der Waals surface area contributed by atoms with Crippen LogP contribution in [0.25, 0.3) is 16.8 Å². The number of carbonyl (C=O) groups excluding carboxylic acids is 1. The third-order valence-corrected chi connectivity index (χ3v) is 5.95. The van der Waals surface area contributed by atoms with Crippen LogP contribution in [-0.2, 0) is 13.1 Å². The fourth-order valence-electron chi connectivity index (χ4n) is 4.23. The predicted octanol–water partition coefficient (Wildman–Crippen LogP) is 3.67. The standard InChI is InChI=1S/C26H24N4O3/c1-18-15-29(17-27-18)23-9-10-24-25(31)28(11-12-30(24)26(23)32)16-19-5-3-6-20(13-19)21-7-4-8-22(14-21)33-2/h3-10,13-15,17H,11-12,16H2,1-2H3. The summed E-state index contributed by atoms with van der Waals surface area (Å²) < 4.78 is 8.60. The molecule has 4 aromatic rings. The van der Waals surface area contributed by atoms with Gasteiger partial charge in [0, 0.05) is 25.8 Å². The third kappa shape index (κ3) is 3.93. The summed E-state index contributed by atoms with van der Waals surface area (Å²) in [5.41, 5.74) is 4.70. The molecule has 0 unspecified atom stereocenters. The van der Waals surface area contributed by atoms with Crippen LogP contribution in [0.2, 0.25) is 0 Å². The molecule has 1 aliphatic heterocycles. The van der Waals surface area contributed by atoms with Gasteiger partial charge in [-0.2, -0.15) is 0 Å². The summed E-state index contributed by atoms with van der Waals surface area (Å²) in [4.78, 5) is 32.2. The minimum atomic E-state index is -0.182. The van der Waals surface area contributed by atoms with Gasteiger partial charge < -0.3 is 18.8 Å². The van der Waals surface area contributed by atoms with Crippen LogP contribution in [0.5, 0.6) is 5.75 Å². The van der Waals surface area contributed by atoms with Gasteiger partial charge in [-0.15, -0.1) is 0 Å². The summed E-state index contributed by atoms with van der Waals surface area (Å²) in [6.07, 6.45) is 3.42. The highest BCUT2D eigenvalue weighted by atomic mass is 16.5. The molecular formula is C26H24N4O3. The maximum Gasteiger partial charge on any atom is 0.275 e. The number of aryl methyl sites for hydroxylation is 1. The van der Waals surface area contributed by atoms with Crippen molar-refractivity contribution in [1.82, 2.24) is 19.0 Å². The monoisotopic (exact) mass is 440 g/mol. The van der Waals surface area contributed by atoms with Gasteiger partial charge in [0.25, 0.3) is 11.5 Å². The van der Waals surface area contributed by atoms with E-state index in [0.717, 1.165) is 28.1 Å². The van der Waals surface area contributed by atoms with E-state index in [1.165, 1.54) is 0 Å². The molecule has 3 heterocycles. The Morgan fingerprint density at radius 3 is 2.52 bits per heavy atom. The molecule has 0 aliphatic carbocycles. The first-order valence-corrected chi connectivity index (χ1v) is 10.8. The lowest BCUT2D eigenvalue weighted by atomic mass is 10.0. The van der Waals surface area contributed by atoms with Crippen molar-refractivity contribution in [3.63, 3.8) is 0 Å². The minimum absolute atomic E-state index is 0.140. The summed E-state index contributed by atoms with van der Waals surface area (Å²) in [5.74, 6) is 0.662. The number of amides is 1. The average molecular weight is 441 g/mol. The minimum Gasteiger partial charge on any atom is -0.497 e. The molecule has 33 heavy (non-hydrogen) atoms. The van der Waals surface area contributed by atoms with Gasteiger partial charge in [-0.25, -0.2) is 4.98 Å². The van der Waals surface area contributed by atoms with Gasteiger partial charge in [0.2, 0.25) is 0 Å². The van der Waals surface area contributed by atoms with E-state index in [4.69, 9.17) is 4.74 Å². The van der Waals surface area contributed by atoms with Crippen molar-refractivity contribution in [2.75, 3.05) is 13.7 Å². The summed E-state index contributed by atoms with van der Waals surface area (Å²) in [7, 11) is 1.65. The Morgan fingerprint density at radius 2 is 1.76 bits per heavy atom. The van der Waals surface area contributed by atoms with Crippen LogP contribution >= 0.6 is 0 Å². The number of methoxy groups -OCH3 is 1. The lowest BCUT2D eigenvalue weighted by molar-refractivity contribution is 0.0686. The lowest BCUT2D eigenvalue weighted by Crippen LogP contribution is -2.44. The number of nitrogens with zero attached hydrogens (tertiary/aromatic N) is 4. The highest BCUT2D eigenvalue weighted by Crippen LogP contribution is 2.25. The van der Waals surface area contributed by atoms with Gasteiger partial charge in [-0.3, -0.25) is 9.59 Å². The maximum atomic E-state index is 13.2. The first kappa shape index (κ1) is 20.8. The number of hydrogen-bond acceptors (Lipinski definition) is 4. The Balaban J connectivity index is 1.39. The third-order valence-electron chi connectivity index (χ3n) is 5.95. The number of ether oxygens (including phenoxy) is 1. The number of carbonyl (C=O) groups is 1. The molecule has 2 aromatic carbocycles. The van der Waals surface area contributed by atoms with Crippen molar-refractivity contribution >= 4 is 5.91 Å². The summed E-state index contributed by atoms with van der Waals surface area (Å²) in [6, 6.07) is 19.5. The fraction of sp³-hybridized carbons (Fsp3) is 0.192. The Labute approximate surface area is 191 Å². The van der Waals surface area contributed by atoms with E-state index in [9.17, 15) is 9.59 Å². The molecular weight excluding hydrogens is 416 g/mol. The van der Waals surface area contributed by atoms with Crippen LogP contribution < -0.4 is 10.3 Å². The second-order valence-corrected chi connectivity index (χ2v) is 8.14. The first-order chi connectivity index (χ1) is 16.0. The van der Waals surface area contributed by atoms with Crippen LogP contribution in [0.4, 0.5) is 0 Å². The molecule has 2 aromatic heterocycles. The molecule has 0 spiro atoms. The molecule has 0 fully saturated rings. The summed E-state index contributed by atoms with van der Waals surface area (Å²) in [6.45, 7) is 3.28. The molecule has 166 valence electrons. The second kappa shape index (κ2) is 8.43. The Bertz CT molecular complexity index is 1400. The molecule has 0 radical (unpaired) electrons. The first-order valence-electron chi connectivity index (χ1n) is 10.8. The quantitative estimate of drug-likeness (QED) is 0.475. The number of pyridine rings is 1. The number of fused-ring (bicyclic) bond motifs is 1. The zero-order valence-corrected chi connectivity index (χ0v) is 18.6. The maximum absolute atomic E-state index is 13.2. The normalized spacial score (nSPS) is 13.2. The smallest absolute Gasteiger partial charge is 0.275 e. The Kier molecular flexibility index (Phi) is 5.30. The van der Waals surface area contributed by atoms with Gasteiger partial charge in [0.05, 0.1) is 19.1 Å². The second-order valence-electron chi connectivity index (χ2n) is 8.14. The van der Waals surface area contributed by atoms with Gasteiger partial charge in [-0.1, -0.05) is 30.3 Å². The van der Waals surface area contributed by atoms with Crippen molar-refractivity contribution in [2.24, 2.45) is 0 Å². The number of benzene rings is 2. The SMILES string of the molecule is COc1cccc(-c2cccc(CN3CCn4c(ccc(-n5cnc(C)c5)c4=O)C3=O)c2)c1. The molecule has 7 heteroatoms. The molecule has 0 atom stereocenters. The molecule has 0 saturated heterocycles. The van der Waals surface area contributed by atoms with Crippen LogP contribution in [0, 0.1) is 6.92 Å². The van der Waals surface area contributed by atoms with E-state index >= 15 is 0 Å². The van der Waals surface area contributed by atoms with E-state index in [2.05, 4.69) is 11.1 Å². The van der Waals surface area contributed by atoms with Gasteiger partial charge in [-0.05, 0) is 53.9 Å². The van der Waals surface area contributed by atoms with Gasteiger partial charge >= 0.3 is 0 Å².